The smallest absolute Gasteiger partial charge is 0.255 e. The van der Waals surface area contributed by atoms with Gasteiger partial charge in [0.15, 0.2) is 0 Å². The fraction of sp³-hybridized carbons (Fsp3) is 0. The summed E-state index contributed by atoms with van der Waals surface area (Å²) in [7, 11) is 0. The highest BCUT2D eigenvalue weighted by molar-refractivity contribution is 7.80. The lowest BCUT2D eigenvalue weighted by Gasteiger charge is -2.09. The third-order valence-electron chi connectivity index (χ3n) is 2.63. The number of halogens is 1. The molecule has 0 bridgehead atoms. The predicted octanol–water partition coefficient (Wildman–Crippen LogP) is 2.93. The fourth-order valence-electron chi connectivity index (χ4n) is 1.58. The van der Waals surface area contributed by atoms with Crippen molar-refractivity contribution < 1.29 is 9.90 Å². The Morgan fingerprint density at radius 2 is 1.75 bits per heavy atom. The van der Waals surface area contributed by atoms with E-state index in [1.807, 2.05) is 0 Å². The zero-order valence-electron chi connectivity index (χ0n) is 10.3. The third-order valence-corrected chi connectivity index (χ3v) is 3.19. The van der Waals surface area contributed by atoms with Gasteiger partial charge in [-0.2, -0.15) is 0 Å². The first-order valence-corrected chi connectivity index (χ1v) is 6.46. The van der Waals surface area contributed by atoms with Gasteiger partial charge in [0.25, 0.3) is 5.91 Å². The summed E-state index contributed by atoms with van der Waals surface area (Å²) in [5, 5.41) is 12.2. The second-order valence-electron chi connectivity index (χ2n) is 4.06. The van der Waals surface area contributed by atoms with Crippen LogP contribution >= 0.6 is 23.8 Å². The monoisotopic (exact) mass is 306 g/mol. The zero-order valence-corrected chi connectivity index (χ0v) is 11.8. The van der Waals surface area contributed by atoms with Crippen LogP contribution in [-0.4, -0.2) is 16.0 Å². The minimum atomic E-state index is -0.341. The molecular formula is C14H11ClN2O2S. The minimum Gasteiger partial charge on any atom is -0.508 e. The molecule has 2 aromatic rings. The lowest BCUT2D eigenvalue weighted by atomic mass is 10.1. The number of nitrogens with one attached hydrogen (secondary N) is 1. The highest BCUT2D eigenvalue weighted by atomic mass is 35.5. The zero-order chi connectivity index (χ0) is 14.7. The summed E-state index contributed by atoms with van der Waals surface area (Å²) >= 11 is 10.9. The number of rotatable bonds is 3. The van der Waals surface area contributed by atoms with E-state index in [0.717, 1.165) is 0 Å². The molecule has 0 fully saturated rings. The first-order valence-electron chi connectivity index (χ1n) is 5.67. The Morgan fingerprint density at radius 1 is 1.15 bits per heavy atom. The first kappa shape index (κ1) is 14.3. The normalized spacial score (nSPS) is 10.1. The van der Waals surface area contributed by atoms with Crippen molar-refractivity contribution in [3.05, 3.63) is 58.6 Å². The van der Waals surface area contributed by atoms with Crippen LogP contribution < -0.4 is 11.1 Å². The molecule has 0 saturated carbocycles. The van der Waals surface area contributed by atoms with E-state index in [4.69, 9.17) is 29.6 Å². The van der Waals surface area contributed by atoms with Crippen LogP contribution in [0.2, 0.25) is 5.02 Å². The van der Waals surface area contributed by atoms with Crippen LogP contribution in [-0.2, 0) is 0 Å². The lowest BCUT2D eigenvalue weighted by Crippen LogP contribution is -2.14. The van der Waals surface area contributed by atoms with E-state index in [9.17, 15) is 9.90 Å². The van der Waals surface area contributed by atoms with Gasteiger partial charge >= 0.3 is 0 Å². The summed E-state index contributed by atoms with van der Waals surface area (Å²) < 4.78 is 0. The van der Waals surface area contributed by atoms with E-state index < -0.39 is 0 Å². The van der Waals surface area contributed by atoms with Crippen molar-refractivity contribution >= 4 is 40.4 Å². The second kappa shape index (κ2) is 5.90. The second-order valence-corrected chi connectivity index (χ2v) is 4.91. The van der Waals surface area contributed by atoms with Crippen molar-refractivity contribution in [1.82, 2.24) is 0 Å². The molecule has 4 N–H and O–H groups in total. The van der Waals surface area contributed by atoms with E-state index in [1.165, 1.54) is 24.3 Å². The highest BCUT2D eigenvalue weighted by Gasteiger charge is 2.10. The number of anilines is 1. The molecule has 0 aliphatic carbocycles. The highest BCUT2D eigenvalue weighted by Crippen LogP contribution is 2.24. The van der Waals surface area contributed by atoms with Crippen LogP contribution in [0.25, 0.3) is 0 Å². The molecule has 2 aromatic carbocycles. The molecule has 20 heavy (non-hydrogen) atoms. The van der Waals surface area contributed by atoms with Crippen LogP contribution in [0.15, 0.2) is 42.5 Å². The topological polar surface area (TPSA) is 75.3 Å². The number of benzene rings is 2. The Hall–Kier alpha value is -2.11. The predicted molar refractivity (Wildman–Crippen MR) is 83.4 cm³/mol. The molecule has 4 nitrogen and oxygen atoms in total. The average molecular weight is 307 g/mol. The summed E-state index contributed by atoms with van der Waals surface area (Å²) in [5.41, 5.74) is 6.98. The van der Waals surface area contributed by atoms with Gasteiger partial charge in [0.05, 0.1) is 10.7 Å². The summed E-state index contributed by atoms with van der Waals surface area (Å²) in [5.74, 6) is -0.248. The SMILES string of the molecule is NC(=S)c1ccc(Cl)c(NC(=O)c2ccc(O)cc2)c1. The number of thiocarbonyl (C=S) groups is 1. The molecule has 0 heterocycles. The van der Waals surface area contributed by atoms with Gasteiger partial charge in [0.1, 0.15) is 10.7 Å². The van der Waals surface area contributed by atoms with Crippen LogP contribution in [0.5, 0.6) is 5.75 Å². The summed E-state index contributed by atoms with van der Waals surface area (Å²) in [4.78, 5) is 12.3. The van der Waals surface area contributed by atoms with Crippen molar-refractivity contribution in [3.63, 3.8) is 0 Å². The van der Waals surface area contributed by atoms with E-state index in [-0.39, 0.29) is 16.6 Å². The average Bonchev–Trinajstić information content (AvgIpc) is 2.41. The van der Waals surface area contributed by atoms with E-state index in [1.54, 1.807) is 18.2 Å². The third kappa shape index (κ3) is 3.26. The number of carbonyl (C=O) groups excluding carboxylic acids is 1. The van der Waals surface area contributed by atoms with Gasteiger partial charge in [0, 0.05) is 11.1 Å². The van der Waals surface area contributed by atoms with Gasteiger partial charge in [-0.05, 0) is 36.4 Å². The van der Waals surface area contributed by atoms with E-state index in [0.29, 0.717) is 21.8 Å². The molecule has 0 spiro atoms. The maximum Gasteiger partial charge on any atom is 0.255 e. The van der Waals surface area contributed by atoms with Gasteiger partial charge in [0.2, 0.25) is 0 Å². The Balaban J connectivity index is 2.25. The van der Waals surface area contributed by atoms with Crippen LogP contribution in [0, 0.1) is 0 Å². The molecule has 0 unspecified atom stereocenters. The summed E-state index contributed by atoms with van der Waals surface area (Å²) in [6.45, 7) is 0. The maximum atomic E-state index is 12.0. The molecule has 1 amide bonds. The van der Waals surface area contributed by atoms with Crippen LogP contribution in [0.1, 0.15) is 15.9 Å². The van der Waals surface area contributed by atoms with Crippen LogP contribution in [0.4, 0.5) is 5.69 Å². The Bertz CT molecular complexity index is 671. The number of carbonyl (C=O) groups is 1. The van der Waals surface area contributed by atoms with E-state index in [2.05, 4.69) is 5.32 Å². The molecule has 6 heteroatoms. The van der Waals surface area contributed by atoms with Gasteiger partial charge in [-0.15, -0.1) is 0 Å². The van der Waals surface area contributed by atoms with Crippen molar-refractivity contribution in [1.29, 1.82) is 0 Å². The van der Waals surface area contributed by atoms with Crippen molar-refractivity contribution in [2.45, 2.75) is 0 Å². The maximum absolute atomic E-state index is 12.0. The number of aromatic hydroxyl groups is 1. The first-order chi connectivity index (χ1) is 9.47. The van der Waals surface area contributed by atoms with Crippen molar-refractivity contribution in [2.75, 3.05) is 5.32 Å². The quantitative estimate of drug-likeness (QED) is 0.762. The molecule has 0 aliphatic heterocycles. The van der Waals surface area contributed by atoms with Crippen molar-refractivity contribution in [3.8, 4) is 5.75 Å². The van der Waals surface area contributed by atoms with E-state index >= 15 is 0 Å². The Kier molecular flexibility index (Phi) is 4.22. The lowest BCUT2D eigenvalue weighted by molar-refractivity contribution is 0.102. The van der Waals surface area contributed by atoms with Gasteiger partial charge < -0.3 is 16.2 Å². The number of nitrogens with two attached hydrogens (primary N) is 1. The minimum absolute atomic E-state index is 0.0926. The summed E-state index contributed by atoms with van der Waals surface area (Å²) in [6, 6.07) is 10.8. The van der Waals surface area contributed by atoms with Gasteiger partial charge in [-0.25, -0.2) is 0 Å². The molecule has 0 aliphatic rings. The largest absolute Gasteiger partial charge is 0.508 e. The molecule has 102 valence electrons. The van der Waals surface area contributed by atoms with Gasteiger partial charge in [-0.1, -0.05) is 29.9 Å². The molecular weight excluding hydrogens is 296 g/mol. The number of phenols is 1. The number of hydrogen-bond acceptors (Lipinski definition) is 3. The van der Waals surface area contributed by atoms with Crippen molar-refractivity contribution in [2.24, 2.45) is 5.73 Å². The Morgan fingerprint density at radius 3 is 2.35 bits per heavy atom. The number of hydrogen-bond donors (Lipinski definition) is 3. The molecule has 2 rings (SSSR count). The van der Waals surface area contributed by atoms with Gasteiger partial charge in [-0.3, -0.25) is 4.79 Å². The van der Waals surface area contributed by atoms with Crippen LogP contribution in [0.3, 0.4) is 0 Å². The fourth-order valence-corrected chi connectivity index (χ4v) is 1.87. The summed E-state index contributed by atoms with van der Waals surface area (Å²) in [6.07, 6.45) is 0. The molecule has 0 saturated heterocycles. The standard InChI is InChI=1S/C14H11ClN2O2S/c15-11-6-3-9(13(16)20)7-12(11)17-14(19)8-1-4-10(18)5-2-8/h1-7,18H,(H2,16,20)(H,17,19). The number of amides is 1. The Labute approximate surface area is 126 Å². The molecule has 0 aromatic heterocycles. The molecule has 0 radical (unpaired) electrons. The number of phenolic OH excluding ortho intramolecular Hbond substituents is 1. The molecule has 0 atom stereocenters.